The zero-order valence-corrected chi connectivity index (χ0v) is 30.1. The second kappa shape index (κ2) is 12.5. The van der Waals surface area contributed by atoms with E-state index in [-0.39, 0.29) is 25.1 Å². The summed E-state index contributed by atoms with van der Waals surface area (Å²) < 4.78 is 90.9. The number of rotatable bonds is 4. The van der Waals surface area contributed by atoms with Crippen molar-refractivity contribution in [3.05, 3.63) is 80.6 Å². The number of hydrogen-bond donors (Lipinski definition) is 0. The third-order valence-corrected chi connectivity index (χ3v) is 15.3. The molecule has 2 atom stereocenters. The number of carbonyl (C=O) groups is 2. The van der Waals surface area contributed by atoms with E-state index in [4.69, 9.17) is 4.74 Å². The van der Waals surface area contributed by atoms with E-state index < -0.39 is 71.1 Å². The van der Waals surface area contributed by atoms with Crippen molar-refractivity contribution in [1.29, 1.82) is 0 Å². The summed E-state index contributed by atoms with van der Waals surface area (Å²) in [5.41, 5.74) is -3.21. The normalized spacial score (nSPS) is 19.8. The molecule has 0 spiro atoms. The maximum atomic E-state index is 14.1. The number of aromatic nitrogens is 1. The molecule has 0 bridgehead atoms. The minimum atomic E-state index is -5.08. The average Bonchev–Trinajstić information content (AvgIpc) is 3.32. The van der Waals surface area contributed by atoms with Crippen LogP contribution in [0.3, 0.4) is 0 Å². The van der Waals surface area contributed by atoms with Crippen molar-refractivity contribution in [2.24, 2.45) is 0 Å². The average molecular weight is 770 g/mol. The van der Waals surface area contributed by atoms with E-state index in [1.165, 1.54) is 13.1 Å². The Morgan fingerprint density at radius 2 is 1.53 bits per heavy atom. The van der Waals surface area contributed by atoms with Crippen LogP contribution in [0, 0.1) is 0 Å². The van der Waals surface area contributed by atoms with Gasteiger partial charge >= 0.3 is 254 Å². The second-order valence-corrected chi connectivity index (χ2v) is 29.1. The van der Waals surface area contributed by atoms with Gasteiger partial charge in [-0.05, 0) is 20.8 Å². The van der Waals surface area contributed by atoms with Crippen LogP contribution < -0.4 is 0 Å². The molecule has 5 rings (SSSR count). The fraction of sp³-hybridized carbons (Fsp3) is 0.471. The molecule has 3 heterocycles. The summed E-state index contributed by atoms with van der Waals surface area (Å²) in [6.07, 6.45) is -6.05. The summed E-state index contributed by atoms with van der Waals surface area (Å²) in [6, 6.07) is 7.49. The van der Waals surface area contributed by atoms with Gasteiger partial charge < -0.3 is 0 Å². The van der Waals surface area contributed by atoms with Crippen molar-refractivity contribution >= 4 is 41.3 Å². The van der Waals surface area contributed by atoms with Crippen LogP contribution in [-0.4, -0.2) is 82.1 Å². The number of hydrogen-bond acceptors (Lipinski definition) is 4. The molecule has 0 saturated carbocycles. The van der Waals surface area contributed by atoms with E-state index in [1.54, 1.807) is 39.1 Å². The first-order valence-corrected chi connectivity index (χ1v) is 25.5. The van der Waals surface area contributed by atoms with Gasteiger partial charge in [0.25, 0.3) is 0 Å². The molecule has 6 nitrogen and oxygen atoms in total. The van der Waals surface area contributed by atoms with E-state index in [9.17, 15) is 35.9 Å². The van der Waals surface area contributed by atoms with Crippen molar-refractivity contribution in [3.63, 3.8) is 0 Å². The zero-order chi connectivity index (χ0) is 34.7. The molecule has 13 heteroatoms. The molecule has 2 aliphatic rings. The van der Waals surface area contributed by atoms with Gasteiger partial charge in [0.1, 0.15) is 0 Å². The van der Waals surface area contributed by atoms with Crippen LogP contribution in [0.1, 0.15) is 54.2 Å². The van der Waals surface area contributed by atoms with Gasteiger partial charge in [0, 0.05) is 0 Å². The quantitative estimate of drug-likeness (QED) is 0.198. The Labute approximate surface area is 274 Å². The summed E-state index contributed by atoms with van der Waals surface area (Å²) in [6.45, 7) is 6.47. The molecule has 0 radical (unpaired) electrons. The molecule has 0 aliphatic carbocycles. The van der Waals surface area contributed by atoms with Crippen LogP contribution in [0.4, 0.5) is 31.1 Å². The fourth-order valence-electron chi connectivity index (χ4n) is 6.33. The van der Waals surface area contributed by atoms with E-state index in [2.05, 4.69) is 25.8 Å². The van der Waals surface area contributed by atoms with E-state index >= 15 is 0 Å². The summed E-state index contributed by atoms with van der Waals surface area (Å²) >= 11 is -2.46. The molecule has 3 aromatic rings. The molecule has 2 aliphatic heterocycles. The van der Waals surface area contributed by atoms with Crippen molar-refractivity contribution in [2.45, 2.75) is 78.5 Å². The molecule has 2 unspecified atom stereocenters. The molecular formula is C34H39F6N3O3Sn. The minimum absolute atomic E-state index is 0.0313. The third-order valence-electron chi connectivity index (χ3n) is 8.72. The number of ether oxygens (including phenoxy) is 1. The third kappa shape index (κ3) is 7.84. The van der Waals surface area contributed by atoms with Crippen LogP contribution in [-0.2, 0) is 23.5 Å². The fourth-order valence-corrected chi connectivity index (χ4v) is 10.3. The van der Waals surface area contributed by atoms with Crippen LogP contribution >= 0.6 is 0 Å². The summed E-state index contributed by atoms with van der Waals surface area (Å²) in [7, 11) is 0. The van der Waals surface area contributed by atoms with Crippen molar-refractivity contribution in [1.82, 2.24) is 14.4 Å². The molecule has 2 aromatic carbocycles. The van der Waals surface area contributed by atoms with Gasteiger partial charge in [0.15, 0.2) is 0 Å². The molecule has 1 amide bonds. The number of amides is 1. The van der Waals surface area contributed by atoms with E-state index in [1.807, 2.05) is 12.1 Å². The topological polar surface area (TPSA) is 54.8 Å². The summed E-state index contributed by atoms with van der Waals surface area (Å²) in [4.78, 5) is 37.9. The predicted molar refractivity (Wildman–Crippen MR) is 170 cm³/mol. The molecule has 0 N–H and O–H groups in total. The Hall–Kier alpha value is -3.00. The number of piperazine rings is 1. The van der Waals surface area contributed by atoms with Gasteiger partial charge in [-0.3, -0.25) is 0 Å². The van der Waals surface area contributed by atoms with Crippen LogP contribution in [0.5, 0.6) is 0 Å². The molecule has 1 aromatic heterocycles. The number of benzene rings is 2. The second-order valence-electron chi connectivity index (χ2n) is 14.4. The van der Waals surface area contributed by atoms with Crippen LogP contribution in [0.25, 0.3) is 10.9 Å². The van der Waals surface area contributed by atoms with Crippen molar-refractivity contribution in [2.75, 3.05) is 19.6 Å². The van der Waals surface area contributed by atoms with Gasteiger partial charge in [0.05, 0.1) is 0 Å². The monoisotopic (exact) mass is 771 g/mol. The Kier molecular flexibility index (Phi) is 9.37. The standard InChI is InChI=1S/C31H30F6N3O3.3CH3.Sn/c1-29(2,3)43-28(42)40-16-20(25-9-4-5-10-26(25)40)14-24-17-38-11-7-6-8-23(38)18-39(24)27(41)19-12-21(30(32,33)34)15-22(13-19)31(35,36)37;;;;/h4-6,9-10,12-13,15-16,23-24H,8,11,14,17-18H2,1-3H3;3*1H3;. The molecule has 47 heavy (non-hydrogen) atoms. The zero-order valence-electron chi connectivity index (χ0n) is 27.2. The molecule has 1 fully saturated rings. The predicted octanol–water partition coefficient (Wildman–Crippen LogP) is 8.41. The summed E-state index contributed by atoms with van der Waals surface area (Å²) in [5.74, 6) is -0.896. The Bertz CT molecular complexity index is 1680. The SMILES string of the molecule is CC(C)(C)OC(=O)n1cc(CC2CN3C[C]([Sn]([CH3])([CH3])[CH3])=CCC3CN2C(=O)c2cc(C(F)(F)F)cc(C(F)(F)F)c2)c2ccccc21. The first kappa shape index (κ1) is 35.3. The van der Waals surface area contributed by atoms with Gasteiger partial charge in [-0.2, -0.15) is 0 Å². The number of nitrogens with zero attached hydrogens (tertiary/aromatic N) is 3. The number of para-hydroxylation sites is 1. The first-order valence-electron chi connectivity index (χ1n) is 15.5. The maximum absolute atomic E-state index is 14.1. The first-order chi connectivity index (χ1) is 21.6. The molecule has 1 saturated heterocycles. The van der Waals surface area contributed by atoms with Gasteiger partial charge in [-0.15, -0.1) is 0 Å². The van der Waals surface area contributed by atoms with Gasteiger partial charge in [-0.1, -0.05) is 0 Å². The number of halogens is 6. The van der Waals surface area contributed by atoms with Crippen LogP contribution in [0.15, 0.2) is 58.3 Å². The van der Waals surface area contributed by atoms with Gasteiger partial charge in [0.2, 0.25) is 0 Å². The van der Waals surface area contributed by atoms with Crippen LogP contribution in [0.2, 0.25) is 14.8 Å². The van der Waals surface area contributed by atoms with E-state index in [0.717, 1.165) is 5.39 Å². The number of carbonyl (C=O) groups excluding carboxylic acids is 2. The summed E-state index contributed by atoms with van der Waals surface area (Å²) in [5, 5.41) is 0.733. The van der Waals surface area contributed by atoms with Gasteiger partial charge in [-0.25, -0.2) is 0 Å². The van der Waals surface area contributed by atoms with E-state index in [0.29, 0.717) is 42.7 Å². The van der Waals surface area contributed by atoms with Crippen molar-refractivity contribution in [3.8, 4) is 0 Å². The Morgan fingerprint density at radius 3 is 2.11 bits per heavy atom. The Balaban J connectivity index is 1.57. The van der Waals surface area contributed by atoms with Crippen molar-refractivity contribution < 1.29 is 40.7 Å². The number of fused-ring (bicyclic) bond motifs is 2. The Morgan fingerprint density at radius 1 is 0.915 bits per heavy atom. The number of alkyl halides is 6. The molecular weight excluding hydrogens is 731 g/mol. The molecule has 254 valence electrons.